The van der Waals surface area contributed by atoms with Crippen LogP contribution in [-0.2, 0) is 4.79 Å². The minimum Gasteiger partial charge on any atom is -0.484 e. The number of aryl methyl sites for hydroxylation is 1. The van der Waals surface area contributed by atoms with E-state index in [-0.39, 0.29) is 12.5 Å². The lowest BCUT2D eigenvalue weighted by atomic mass is 10.1. The largest absolute Gasteiger partial charge is 0.484 e. The zero-order valence-electron chi connectivity index (χ0n) is 15.1. The van der Waals surface area contributed by atoms with Gasteiger partial charge in [0.2, 0.25) is 0 Å². The summed E-state index contributed by atoms with van der Waals surface area (Å²) in [7, 11) is 0. The summed E-state index contributed by atoms with van der Waals surface area (Å²) < 4.78 is 7.48. The third kappa shape index (κ3) is 3.70. The Balaban J connectivity index is 1.46. The summed E-state index contributed by atoms with van der Waals surface area (Å²) in [5.41, 5.74) is 5.85. The number of hydrogen-bond donors (Lipinski definition) is 1. The summed E-state index contributed by atoms with van der Waals surface area (Å²) in [5, 5.41) is 2.23. The van der Waals surface area contributed by atoms with E-state index in [0.29, 0.717) is 5.75 Å². The van der Waals surface area contributed by atoms with Crippen LogP contribution in [0.25, 0.3) is 22.0 Å². The fourth-order valence-electron chi connectivity index (χ4n) is 3.08. The standard InChI is InChI=1S/C23H20N2O2/c1-17-11-14-22(19-8-3-2-4-9-19)25(17)24-23(26)16-27-21-13-12-18-7-5-6-10-20(18)15-21/h2-15H,16H2,1H3,(H,24,26). The van der Waals surface area contributed by atoms with Crippen LogP contribution < -0.4 is 10.2 Å². The molecule has 0 spiro atoms. The maximum absolute atomic E-state index is 12.4. The van der Waals surface area contributed by atoms with E-state index in [1.807, 2.05) is 91.9 Å². The summed E-state index contributed by atoms with van der Waals surface area (Å²) in [6.07, 6.45) is 0. The van der Waals surface area contributed by atoms with Gasteiger partial charge < -0.3 is 4.74 Å². The van der Waals surface area contributed by atoms with Crippen LogP contribution in [0, 0.1) is 6.92 Å². The molecule has 3 aromatic carbocycles. The van der Waals surface area contributed by atoms with E-state index in [1.54, 1.807) is 4.68 Å². The second-order valence-electron chi connectivity index (χ2n) is 6.39. The average Bonchev–Trinajstić information content (AvgIpc) is 3.07. The molecule has 0 unspecified atom stereocenters. The van der Waals surface area contributed by atoms with Crippen LogP contribution in [0.3, 0.4) is 0 Å². The number of benzene rings is 3. The van der Waals surface area contributed by atoms with Crippen LogP contribution in [0.4, 0.5) is 0 Å². The van der Waals surface area contributed by atoms with Crippen molar-refractivity contribution < 1.29 is 9.53 Å². The first-order valence-corrected chi connectivity index (χ1v) is 8.86. The molecule has 0 radical (unpaired) electrons. The Morgan fingerprint density at radius 3 is 2.44 bits per heavy atom. The number of carbonyl (C=O) groups excluding carboxylic acids is 1. The fourth-order valence-corrected chi connectivity index (χ4v) is 3.08. The molecular formula is C23H20N2O2. The molecule has 0 saturated carbocycles. The molecule has 1 heterocycles. The number of amides is 1. The zero-order chi connectivity index (χ0) is 18.6. The van der Waals surface area contributed by atoms with E-state index in [1.165, 1.54) is 0 Å². The zero-order valence-corrected chi connectivity index (χ0v) is 15.1. The van der Waals surface area contributed by atoms with Gasteiger partial charge in [-0.15, -0.1) is 0 Å². The fraction of sp³-hybridized carbons (Fsp3) is 0.0870. The first-order valence-electron chi connectivity index (χ1n) is 8.86. The minimum atomic E-state index is -0.209. The lowest BCUT2D eigenvalue weighted by Gasteiger charge is -2.14. The van der Waals surface area contributed by atoms with Gasteiger partial charge in [0.25, 0.3) is 5.91 Å². The molecule has 1 aromatic heterocycles. The first kappa shape index (κ1) is 16.9. The van der Waals surface area contributed by atoms with Crippen molar-refractivity contribution in [2.75, 3.05) is 12.0 Å². The Morgan fingerprint density at radius 1 is 0.889 bits per heavy atom. The van der Waals surface area contributed by atoms with Gasteiger partial charge in [-0.3, -0.25) is 14.9 Å². The Kier molecular flexibility index (Phi) is 4.62. The summed E-state index contributed by atoms with van der Waals surface area (Å²) in [6.45, 7) is 1.90. The number of fused-ring (bicyclic) bond motifs is 1. The van der Waals surface area contributed by atoms with Crippen molar-refractivity contribution in [1.29, 1.82) is 0 Å². The van der Waals surface area contributed by atoms with Gasteiger partial charge in [0.1, 0.15) is 5.75 Å². The predicted octanol–water partition coefficient (Wildman–Crippen LogP) is 4.77. The van der Waals surface area contributed by atoms with E-state index in [4.69, 9.17) is 4.74 Å². The third-order valence-electron chi connectivity index (χ3n) is 4.47. The highest BCUT2D eigenvalue weighted by molar-refractivity contribution is 5.87. The Labute approximate surface area is 158 Å². The maximum atomic E-state index is 12.4. The van der Waals surface area contributed by atoms with Crippen molar-refractivity contribution in [1.82, 2.24) is 4.68 Å². The van der Waals surface area contributed by atoms with Gasteiger partial charge in [-0.2, -0.15) is 0 Å². The number of ether oxygens (including phenoxy) is 1. The maximum Gasteiger partial charge on any atom is 0.276 e. The number of hydrogen-bond acceptors (Lipinski definition) is 2. The predicted molar refractivity (Wildman–Crippen MR) is 108 cm³/mol. The molecule has 0 aliphatic heterocycles. The van der Waals surface area contributed by atoms with Crippen LogP contribution in [0.2, 0.25) is 0 Å². The average molecular weight is 356 g/mol. The smallest absolute Gasteiger partial charge is 0.276 e. The van der Waals surface area contributed by atoms with E-state index in [9.17, 15) is 4.79 Å². The molecule has 4 aromatic rings. The highest BCUT2D eigenvalue weighted by atomic mass is 16.5. The van der Waals surface area contributed by atoms with Gasteiger partial charge in [0.05, 0.1) is 5.69 Å². The number of rotatable bonds is 5. The van der Waals surface area contributed by atoms with Crippen molar-refractivity contribution in [3.8, 4) is 17.0 Å². The SMILES string of the molecule is Cc1ccc(-c2ccccc2)n1NC(=O)COc1ccc2ccccc2c1. The highest BCUT2D eigenvalue weighted by Gasteiger charge is 2.11. The van der Waals surface area contributed by atoms with Gasteiger partial charge in [-0.1, -0.05) is 60.7 Å². The van der Waals surface area contributed by atoms with Crippen molar-refractivity contribution in [3.63, 3.8) is 0 Å². The quantitative estimate of drug-likeness (QED) is 0.560. The van der Waals surface area contributed by atoms with Crippen LogP contribution >= 0.6 is 0 Å². The molecule has 0 fully saturated rings. The normalized spacial score (nSPS) is 10.7. The van der Waals surface area contributed by atoms with Gasteiger partial charge in [-0.25, -0.2) is 0 Å². The molecule has 134 valence electrons. The van der Waals surface area contributed by atoms with Crippen LogP contribution in [0.15, 0.2) is 84.9 Å². The summed E-state index contributed by atoms with van der Waals surface area (Å²) in [5.74, 6) is 0.469. The van der Waals surface area contributed by atoms with Crippen molar-refractivity contribution in [2.45, 2.75) is 6.92 Å². The minimum absolute atomic E-state index is 0.0514. The summed E-state index contributed by atoms with van der Waals surface area (Å²) in [6, 6.07) is 27.8. The molecule has 27 heavy (non-hydrogen) atoms. The van der Waals surface area contributed by atoms with Crippen LogP contribution in [-0.4, -0.2) is 17.2 Å². The molecule has 4 heteroatoms. The lowest BCUT2D eigenvalue weighted by Crippen LogP contribution is -2.29. The van der Waals surface area contributed by atoms with Gasteiger partial charge in [-0.05, 0) is 42.0 Å². The van der Waals surface area contributed by atoms with Gasteiger partial charge in [0.15, 0.2) is 6.61 Å². The topological polar surface area (TPSA) is 43.3 Å². The van der Waals surface area contributed by atoms with Crippen molar-refractivity contribution in [3.05, 3.63) is 90.6 Å². The molecule has 0 atom stereocenters. The molecule has 0 aliphatic rings. The van der Waals surface area contributed by atoms with Gasteiger partial charge >= 0.3 is 0 Å². The Bertz CT molecular complexity index is 1080. The summed E-state index contributed by atoms with van der Waals surface area (Å²) >= 11 is 0. The molecule has 0 saturated heterocycles. The monoisotopic (exact) mass is 356 g/mol. The number of nitrogens with zero attached hydrogens (tertiary/aromatic N) is 1. The number of carbonyl (C=O) groups is 1. The number of nitrogens with one attached hydrogen (secondary N) is 1. The summed E-state index contributed by atoms with van der Waals surface area (Å²) in [4.78, 5) is 12.4. The molecule has 1 amide bonds. The molecular weight excluding hydrogens is 336 g/mol. The van der Waals surface area contributed by atoms with E-state index >= 15 is 0 Å². The Hall–Kier alpha value is -3.53. The lowest BCUT2D eigenvalue weighted by molar-refractivity contribution is -0.119. The van der Waals surface area contributed by atoms with Crippen molar-refractivity contribution >= 4 is 16.7 Å². The van der Waals surface area contributed by atoms with Crippen LogP contribution in [0.1, 0.15) is 5.69 Å². The third-order valence-corrected chi connectivity index (χ3v) is 4.47. The van der Waals surface area contributed by atoms with Gasteiger partial charge in [0, 0.05) is 11.3 Å². The van der Waals surface area contributed by atoms with Crippen molar-refractivity contribution in [2.24, 2.45) is 0 Å². The van der Waals surface area contributed by atoms with Crippen LogP contribution in [0.5, 0.6) is 5.75 Å². The molecule has 0 bridgehead atoms. The first-order chi connectivity index (χ1) is 13.2. The molecule has 1 N–H and O–H groups in total. The molecule has 4 nitrogen and oxygen atoms in total. The highest BCUT2D eigenvalue weighted by Crippen LogP contribution is 2.22. The second-order valence-corrected chi connectivity index (χ2v) is 6.39. The van der Waals surface area contributed by atoms with E-state index in [0.717, 1.165) is 27.7 Å². The molecule has 4 rings (SSSR count). The second kappa shape index (κ2) is 7.38. The van der Waals surface area contributed by atoms with E-state index < -0.39 is 0 Å². The van der Waals surface area contributed by atoms with E-state index in [2.05, 4.69) is 5.43 Å². The number of aromatic nitrogens is 1. The Morgan fingerprint density at radius 2 is 1.63 bits per heavy atom. The molecule has 0 aliphatic carbocycles.